The molecular formula is C21H16BrN3. The lowest BCUT2D eigenvalue weighted by Gasteiger charge is -2.11. The summed E-state index contributed by atoms with van der Waals surface area (Å²) in [5.74, 6) is 1.67. The molecule has 0 saturated heterocycles. The van der Waals surface area contributed by atoms with Crippen LogP contribution in [0.1, 0.15) is 5.56 Å². The Labute approximate surface area is 155 Å². The molecule has 25 heavy (non-hydrogen) atoms. The summed E-state index contributed by atoms with van der Waals surface area (Å²) in [5.41, 5.74) is 4.34. The molecule has 3 nitrogen and oxygen atoms in total. The van der Waals surface area contributed by atoms with Crippen molar-refractivity contribution in [2.75, 3.05) is 0 Å². The number of halogens is 1. The molecule has 0 unspecified atom stereocenters. The van der Waals surface area contributed by atoms with E-state index in [9.17, 15) is 0 Å². The maximum atomic E-state index is 4.49. The largest absolute Gasteiger partial charge is 0.275 e. The molecule has 1 aromatic heterocycles. The van der Waals surface area contributed by atoms with E-state index in [4.69, 9.17) is 0 Å². The zero-order valence-electron chi connectivity index (χ0n) is 13.7. The standard InChI is InChI=1S/C21H16BrN3/c1-15-7-9-16(10-8-15)20-23-24-21(17-11-13-18(22)14-12-17)25(20)19-5-3-2-4-6-19/h2-14H,1H3. The van der Waals surface area contributed by atoms with Gasteiger partial charge >= 0.3 is 0 Å². The van der Waals surface area contributed by atoms with Gasteiger partial charge in [0.15, 0.2) is 11.6 Å². The first kappa shape index (κ1) is 15.8. The van der Waals surface area contributed by atoms with Gasteiger partial charge in [0.05, 0.1) is 0 Å². The van der Waals surface area contributed by atoms with Crippen LogP contribution in [0.2, 0.25) is 0 Å². The highest BCUT2D eigenvalue weighted by molar-refractivity contribution is 9.10. The van der Waals surface area contributed by atoms with E-state index in [1.807, 2.05) is 42.5 Å². The monoisotopic (exact) mass is 389 g/mol. The fraction of sp³-hybridized carbons (Fsp3) is 0.0476. The predicted molar refractivity (Wildman–Crippen MR) is 105 cm³/mol. The summed E-state index contributed by atoms with van der Waals surface area (Å²) in [7, 11) is 0. The van der Waals surface area contributed by atoms with Gasteiger partial charge in [-0.25, -0.2) is 0 Å². The second-order valence-electron chi connectivity index (χ2n) is 5.89. The third kappa shape index (κ3) is 3.13. The molecule has 0 fully saturated rings. The third-order valence-electron chi connectivity index (χ3n) is 4.09. The summed E-state index contributed by atoms with van der Waals surface area (Å²) in [6, 6.07) is 26.7. The summed E-state index contributed by atoms with van der Waals surface area (Å²) in [5, 5.41) is 8.98. The molecule has 0 aliphatic heterocycles. The van der Waals surface area contributed by atoms with Gasteiger partial charge in [-0.1, -0.05) is 76.1 Å². The zero-order valence-corrected chi connectivity index (χ0v) is 15.3. The van der Waals surface area contributed by atoms with Crippen molar-refractivity contribution in [3.63, 3.8) is 0 Å². The van der Waals surface area contributed by atoms with Crippen LogP contribution >= 0.6 is 15.9 Å². The zero-order chi connectivity index (χ0) is 17.2. The van der Waals surface area contributed by atoms with Gasteiger partial charge < -0.3 is 0 Å². The smallest absolute Gasteiger partial charge is 0.168 e. The summed E-state index contributed by atoms with van der Waals surface area (Å²) < 4.78 is 3.15. The van der Waals surface area contributed by atoms with E-state index >= 15 is 0 Å². The first-order valence-electron chi connectivity index (χ1n) is 8.06. The Morgan fingerprint density at radius 3 is 1.76 bits per heavy atom. The molecule has 0 amide bonds. The summed E-state index contributed by atoms with van der Waals surface area (Å²) in [6.07, 6.45) is 0. The minimum Gasteiger partial charge on any atom is -0.275 e. The number of para-hydroxylation sites is 1. The van der Waals surface area contributed by atoms with E-state index in [0.717, 1.165) is 32.9 Å². The van der Waals surface area contributed by atoms with Gasteiger partial charge in [-0.15, -0.1) is 10.2 Å². The highest BCUT2D eigenvalue weighted by Crippen LogP contribution is 2.29. The molecule has 0 atom stereocenters. The van der Waals surface area contributed by atoms with E-state index in [-0.39, 0.29) is 0 Å². The first-order chi connectivity index (χ1) is 12.2. The Morgan fingerprint density at radius 2 is 1.20 bits per heavy atom. The van der Waals surface area contributed by atoms with Gasteiger partial charge in [0.2, 0.25) is 0 Å². The maximum Gasteiger partial charge on any atom is 0.168 e. The second-order valence-corrected chi connectivity index (χ2v) is 6.81. The number of aromatic nitrogens is 3. The summed E-state index contributed by atoms with van der Waals surface area (Å²) in [6.45, 7) is 2.08. The number of aryl methyl sites for hydroxylation is 1. The Bertz CT molecular complexity index is 925. The molecule has 122 valence electrons. The minimum atomic E-state index is 0.828. The van der Waals surface area contributed by atoms with E-state index in [2.05, 4.69) is 74.0 Å². The van der Waals surface area contributed by atoms with Gasteiger partial charge in [-0.05, 0) is 31.2 Å². The lowest BCUT2D eigenvalue weighted by Crippen LogP contribution is -2.00. The number of rotatable bonds is 3. The summed E-state index contributed by atoms with van der Waals surface area (Å²) in [4.78, 5) is 0. The molecule has 3 aromatic carbocycles. The molecule has 1 heterocycles. The highest BCUT2D eigenvalue weighted by atomic mass is 79.9. The summed E-state index contributed by atoms with van der Waals surface area (Å²) >= 11 is 3.49. The molecule has 0 aliphatic rings. The average Bonchev–Trinajstić information content (AvgIpc) is 3.09. The number of hydrogen-bond donors (Lipinski definition) is 0. The third-order valence-corrected chi connectivity index (χ3v) is 4.62. The molecule has 4 aromatic rings. The molecule has 4 heteroatoms. The Hall–Kier alpha value is -2.72. The van der Waals surface area contributed by atoms with Crippen LogP contribution in [0.25, 0.3) is 28.5 Å². The Balaban J connectivity index is 1.94. The highest BCUT2D eigenvalue weighted by Gasteiger charge is 2.16. The number of benzene rings is 3. The van der Waals surface area contributed by atoms with Crippen LogP contribution in [0.4, 0.5) is 0 Å². The number of nitrogens with zero attached hydrogens (tertiary/aromatic N) is 3. The van der Waals surface area contributed by atoms with Crippen LogP contribution in [0, 0.1) is 6.92 Å². The lowest BCUT2D eigenvalue weighted by atomic mass is 10.1. The molecular weight excluding hydrogens is 374 g/mol. The van der Waals surface area contributed by atoms with E-state index < -0.39 is 0 Å². The Morgan fingerprint density at radius 1 is 0.680 bits per heavy atom. The van der Waals surface area contributed by atoms with Gasteiger partial charge in [0, 0.05) is 21.3 Å². The molecule has 0 spiro atoms. The van der Waals surface area contributed by atoms with Gasteiger partial charge in [-0.3, -0.25) is 4.57 Å². The van der Waals surface area contributed by atoms with Crippen molar-refractivity contribution in [1.29, 1.82) is 0 Å². The quantitative estimate of drug-likeness (QED) is 0.451. The fourth-order valence-corrected chi connectivity index (χ4v) is 3.05. The van der Waals surface area contributed by atoms with Crippen LogP contribution in [0.15, 0.2) is 83.3 Å². The lowest BCUT2D eigenvalue weighted by molar-refractivity contribution is 1.07. The van der Waals surface area contributed by atoms with Crippen molar-refractivity contribution in [2.24, 2.45) is 0 Å². The van der Waals surface area contributed by atoms with E-state index in [1.165, 1.54) is 5.56 Å². The SMILES string of the molecule is Cc1ccc(-c2nnc(-c3ccc(Br)cc3)n2-c2ccccc2)cc1. The van der Waals surface area contributed by atoms with Crippen LogP contribution in [0.3, 0.4) is 0 Å². The van der Waals surface area contributed by atoms with Crippen molar-refractivity contribution < 1.29 is 0 Å². The van der Waals surface area contributed by atoms with Crippen molar-refractivity contribution in [3.8, 4) is 28.5 Å². The second kappa shape index (κ2) is 6.65. The minimum absolute atomic E-state index is 0.828. The molecule has 0 radical (unpaired) electrons. The first-order valence-corrected chi connectivity index (χ1v) is 8.85. The van der Waals surface area contributed by atoms with Crippen LogP contribution in [0.5, 0.6) is 0 Å². The van der Waals surface area contributed by atoms with Crippen LogP contribution < -0.4 is 0 Å². The van der Waals surface area contributed by atoms with E-state index in [1.54, 1.807) is 0 Å². The van der Waals surface area contributed by atoms with Crippen LogP contribution in [-0.4, -0.2) is 14.8 Å². The fourth-order valence-electron chi connectivity index (χ4n) is 2.78. The molecule has 0 N–H and O–H groups in total. The average molecular weight is 390 g/mol. The molecule has 4 rings (SSSR count). The maximum absolute atomic E-state index is 4.49. The predicted octanol–water partition coefficient (Wildman–Crippen LogP) is 5.67. The van der Waals surface area contributed by atoms with Gasteiger partial charge in [0.1, 0.15) is 0 Å². The molecule has 0 aliphatic carbocycles. The van der Waals surface area contributed by atoms with E-state index in [0.29, 0.717) is 0 Å². The normalized spacial score (nSPS) is 10.8. The van der Waals surface area contributed by atoms with Gasteiger partial charge in [0.25, 0.3) is 0 Å². The number of hydrogen-bond acceptors (Lipinski definition) is 2. The molecule has 0 bridgehead atoms. The van der Waals surface area contributed by atoms with Crippen molar-refractivity contribution in [3.05, 3.63) is 88.9 Å². The topological polar surface area (TPSA) is 30.7 Å². The Kier molecular flexibility index (Phi) is 4.20. The van der Waals surface area contributed by atoms with Crippen molar-refractivity contribution in [2.45, 2.75) is 6.92 Å². The van der Waals surface area contributed by atoms with Gasteiger partial charge in [-0.2, -0.15) is 0 Å². The van der Waals surface area contributed by atoms with Crippen molar-refractivity contribution >= 4 is 15.9 Å². The molecule has 0 saturated carbocycles. The van der Waals surface area contributed by atoms with Crippen molar-refractivity contribution in [1.82, 2.24) is 14.8 Å². The van der Waals surface area contributed by atoms with Crippen LogP contribution in [-0.2, 0) is 0 Å².